The van der Waals surface area contributed by atoms with Gasteiger partial charge in [-0.25, -0.2) is 0 Å². The number of hydrogen-bond acceptors (Lipinski definition) is 5. The number of para-hydroxylation sites is 1. The second kappa shape index (κ2) is 5.89. The highest BCUT2D eigenvalue weighted by molar-refractivity contribution is 9.10. The smallest absolute Gasteiger partial charge is 0.316 e. The van der Waals surface area contributed by atoms with Gasteiger partial charge in [0.15, 0.2) is 0 Å². The van der Waals surface area contributed by atoms with Crippen LogP contribution >= 0.6 is 15.9 Å². The number of benzene rings is 2. The second-order valence-electron chi connectivity index (χ2n) is 4.19. The number of halogens is 1. The number of nitrogens with zero attached hydrogens (tertiary/aromatic N) is 1. The van der Waals surface area contributed by atoms with Gasteiger partial charge in [0.05, 0.1) is 4.92 Å². The van der Waals surface area contributed by atoms with Crippen LogP contribution in [0.3, 0.4) is 0 Å². The zero-order valence-corrected chi connectivity index (χ0v) is 12.3. The average Bonchev–Trinajstić information content (AvgIpc) is 2.42. The molecular weight excluding hydrogens is 324 g/mol. The first-order valence-corrected chi connectivity index (χ1v) is 6.59. The molecule has 0 aromatic heterocycles. The maximum Gasteiger partial charge on any atom is 0.316 e. The van der Waals surface area contributed by atoms with Crippen molar-refractivity contribution in [2.75, 3.05) is 10.7 Å². The van der Waals surface area contributed by atoms with E-state index in [0.717, 1.165) is 15.7 Å². The summed E-state index contributed by atoms with van der Waals surface area (Å²) in [5, 5.41) is 14.3. The quantitative estimate of drug-likeness (QED) is 0.449. The summed E-state index contributed by atoms with van der Waals surface area (Å²) >= 11 is 3.38. The van der Waals surface area contributed by atoms with Crippen molar-refractivity contribution in [3.8, 4) is 0 Å². The lowest BCUT2D eigenvalue weighted by Gasteiger charge is -2.12. The molecule has 0 atom stereocenters. The Hall–Kier alpha value is -2.12. The van der Waals surface area contributed by atoms with Gasteiger partial charge >= 0.3 is 5.69 Å². The molecule has 0 bridgehead atoms. The van der Waals surface area contributed by atoms with E-state index in [9.17, 15) is 10.1 Å². The molecule has 0 aliphatic carbocycles. The van der Waals surface area contributed by atoms with Gasteiger partial charge in [-0.05, 0) is 36.8 Å². The fraction of sp³-hybridized carbons (Fsp3) is 0.0769. The molecule has 0 aliphatic rings. The van der Waals surface area contributed by atoms with Crippen LogP contribution in [0.5, 0.6) is 0 Å². The average molecular weight is 337 g/mol. The highest BCUT2D eigenvalue weighted by Crippen LogP contribution is 2.35. The summed E-state index contributed by atoms with van der Waals surface area (Å²) in [6.45, 7) is 1.92. The van der Waals surface area contributed by atoms with Crippen molar-refractivity contribution in [1.29, 1.82) is 0 Å². The van der Waals surface area contributed by atoms with E-state index in [2.05, 4.69) is 26.7 Å². The molecule has 0 radical (unpaired) electrons. The Bertz CT molecular complexity index is 661. The maximum atomic E-state index is 11.2. The van der Waals surface area contributed by atoms with Crippen LogP contribution in [0.25, 0.3) is 0 Å². The lowest BCUT2D eigenvalue weighted by Crippen LogP contribution is -2.10. The Kier molecular flexibility index (Phi) is 4.21. The van der Waals surface area contributed by atoms with Crippen LogP contribution in [0, 0.1) is 17.0 Å². The first-order valence-electron chi connectivity index (χ1n) is 5.80. The molecule has 0 aliphatic heterocycles. The number of nitrogens with two attached hydrogens (primary N) is 1. The Morgan fingerprint density at radius 3 is 2.55 bits per heavy atom. The molecule has 6 nitrogen and oxygen atoms in total. The predicted molar refractivity (Wildman–Crippen MR) is 83.1 cm³/mol. The number of nitro benzene ring substituents is 1. The summed E-state index contributed by atoms with van der Waals surface area (Å²) in [5.74, 6) is 5.31. The van der Waals surface area contributed by atoms with Gasteiger partial charge in [0, 0.05) is 10.2 Å². The van der Waals surface area contributed by atoms with E-state index in [1.54, 1.807) is 18.2 Å². The highest BCUT2D eigenvalue weighted by Gasteiger charge is 2.19. The van der Waals surface area contributed by atoms with Crippen LogP contribution in [0.1, 0.15) is 5.56 Å². The summed E-state index contributed by atoms with van der Waals surface area (Å²) in [4.78, 5) is 10.7. The van der Waals surface area contributed by atoms with Crippen LogP contribution in [0.4, 0.5) is 22.7 Å². The van der Waals surface area contributed by atoms with Gasteiger partial charge < -0.3 is 10.7 Å². The lowest BCUT2D eigenvalue weighted by atomic mass is 10.1. The highest BCUT2D eigenvalue weighted by atomic mass is 79.9. The van der Waals surface area contributed by atoms with E-state index in [4.69, 9.17) is 5.84 Å². The summed E-state index contributed by atoms with van der Waals surface area (Å²) < 4.78 is 0.890. The summed E-state index contributed by atoms with van der Waals surface area (Å²) in [5.41, 5.74) is 4.66. The number of anilines is 3. The Morgan fingerprint density at radius 1 is 1.20 bits per heavy atom. The Morgan fingerprint density at radius 2 is 1.90 bits per heavy atom. The molecule has 0 saturated heterocycles. The van der Waals surface area contributed by atoms with Crippen molar-refractivity contribution in [2.45, 2.75) is 6.92 Å². The summed E-state index contributed by atoms with van der Waals surface area (Å²) in [6.07, 6.45) is 0. The third-order valence-electron chi connectivity index (χ3n) is 2.84. The SMILES string of the molecule is Cc1ccc(Br)cc1Nc1cccc(NN)c1[N+](=O)[O-]. The first kappa shape index (κ1) is 14.3. The summed E-state index contributed by atoms with van der Waals surface area (Å²) in [7, 11) is 0. The minimum atomic E-state index is -0.467. The number of rotatable bonds is 4. The zero-order valence-electron chi connectivity index (χ0n) is 10.7. The molecular formula is C13H13BrN4O2. The van der Waals surface area contributed by atoms with Crippen molar-refractivity contribution >= 4 is 38.7 Å². The number of nitro groups is 1. The third kappa shape index (κ3) is 2.89. The Labute approximate surface area is 124 Å². The van der Waals surface area contributed by atoms with Crippen LogP contribution in [-0.2, 0) is 0 Å². The summed E-state index contributed by atoms with van der Waals surface area (Å²) in [6, 6.07) is 10.6. The van der Waals surface area contributed by atoms with Crippen LogP contribution < -0.4 is 16.6 Å². The topological polar surface area (TPSA) is 93.2 Å². The van der Waals surface area contributed by atoms with Crippen molar-refractivity contribution in [3.05, 3.63) is 56.5 Å². The first-order chi connectivity index (χ1) is 9.52. The van der Waals surface area contributed by atoms with E-state index in [0.29, 0.717) is 5.69 Å². The maximum absolute atomic E-state index is 11.2. The van der Waals surface area contributed by atoms with Crippen molar-refractivity contribution in [3.63, 3.8) is 0 Å². The largest absolute Gasteiger partial charge is 0.350 e. The van der Waals surface area contributed by atoms with Crippen molar-refractivity contribution < 1.29 is 4.92 Å². The molecule has 20 heavy (non-hydrogen) atoms. The van der Waals surface area contributed by atoms with E-state index in [-0.39, 0.29) is 11.4 Å². The molecule has 7 heteroatoms. The number of aryl methyl sites for hydroxylation is 1. The van der Waals surface area contributed by atoms with Gasteiger partial charge in [-0.1, -0.05) is 28.1 Å². The van der Waals surface area contributed by atoms with E-state index < -0.39 is 4.92 Å². The molecule has 2 rings (SSSR count). The predicted octanol–water partition coefficient (Wildman–Crippen LogP) is 3.69. The lowest BCUT2D eigenvalue weighted by molar-refractivity contribution is -0.383. The number of hydrazine groups is 1. The van der Waals surface area contributed by atoms with Gasteiger partial charge in [0.2, 0.25) is 0 Å². The Balaban J connectivity index is 2.48. The molecule has 0 saturated carbocycles. The molecule has 0 fully saturated rings. The van der Waals surface area contributed by atoms with Gasteiger partial charge in [-0.3, -0.25) is 16.0 Å². The molecule has 0 unspecified atom stereocenters. The number of nitrogens with one attached hydrogen (secondary N) is 2. The standard InChI is InChI=1S/C13H13BrN4O2/c1-8-5-6-9(14)7-12(8)16-10-3-2-4-11(17-15)13(10)18(19)20/h2-7,16-17H,15H2,1H3. The normalized spacial score (nSPS) is 10.2. The minimum Gasteiger partial charge on any atom is -0.350 e. The molecule has 2 aromatic carbocycles. The van der Waals surface area contributed by atoms with Crippen molar-refractivity contribution in [2.24, 2.45) is 5.84 Å². The van der Waals surface area contributed by atoms with Crippen LogP contribution in [0.2, 0.25) is 0 Å². The van der Waals surface area contributed by atoms with E-state index >= 15 is 0 Å². The third-order valence-corrected chi connectivity index (χ3v) is 3.34. The minimum absolute atomic E-state index is 0.0885. The van der Waals surface area contributed by atoms with Gasteiger partial charge in [-0.15, -0.1) is 0 Å². The molecule has 104 valence electrons. The number of nitrogen functional groups attached to an aromatic ring is 1. The van der Waals surface area contributed by atoms with Gasteiger partial charge in [0.1, 0.15) is 11.4 Å². The number of hydrogen-bond donors (Lipinski definition) is 3. The zero-order chi connectivity index (χ0) is 14.7. The molecule has 0 spiro atoms. The van der Waals surface area contributed by atoms with E-state index in [1.165, 1.54) is 0 Å². The molecule has 4 N–H and O–H groups in total. The van der Waals surface area contributed by atoms with Crippen molar-refractivity contribution in [1.82, 2.24) is 0 Å². The molecule has 2 aromatic rings. The van der Waals surface area contributed by atoms with Crippen LogP contribution in [0.15, 0.2) is 40.9 Å². The van der Waals surface area contributed by atoms with E-state index in [1.807, 2.05) is 25.1 Å². The molecule has 0 amide bonds. The molecule has 0 heterocycles. The van der Waals surface area contributed by atoms with Crippen LogP contribution in [-0.4, -0.2) is 4.92 Å². The fourth-order valence-electron chi connectivity index (χ4n) is 1.83. The monoisotopic (exact) mass is 336 g/mol. The second-order valence-corrected chi connectivity index (χ2v) is 5.10. The van der Waals surface area contributed by atoms with Gasteiger partial charge in [-0.2, -0.15) is 0 Å². The fourth-order valence-corrected chi connectivity index (χ4v) is 2.19. The van der Waals surface area contributed by atoms with Gasteiger partial charge in [0.25, 0.3) is 0 Å².